The minimum atomic E-state index is -5.92. The van der Waals surface area contributed by atoms with Gasteiger partial charge in [0.15, 0.2) is 0 Å². The molecule has 0 aromatic heterocycles. The fraction of sp³-hybridized carbons (Fsp3) is 0.611. The van der Waals surface area contributed by atoms with Crippen molar-refractivity contribution in [2.45, 2.75) is 57.4 Å². The second-order valence-corrected chi connectivity index (χ2v) is 7.79. The van der Waals surface area contributed by atoms with Gasteiger partial charge in [0.05, 0.1) is 22.6 Å². The first-order valence-corrected chi connectivity index (χ1v) is 8.99. The Bertz CT molecular complexity index is 807. The number of carbonyl (C=O) groups excluding carboxylic acids is 1. The van der Waals surface area contributed by atoms with Gasteiger partial charge in [-0.15, -0.1) is 0 Å². The maximum Gasteiger partial charge on any atom is 0.458 e. The predicted octanol–water partition coefficient (Wildman–Crippen LogP) is 5.03. The van der Waals surface area contributed by atoms with E-state index in [1.54, 1.807) is 20.8 Å². The zero-order chi connectivity index (χ0) is 22.9. The number of rotatable bonds is 5. The highest BCUT2D eigenvalue weighted by Gasteiger charge is 2.60. The van der Waals surface area contributed by atoms with Gasteiger partial charge in [0.25, 0.3) is 5.69 Å². The molecular formula is C18H21F5N2O5. The lowest BCUT2D eigenvalue weighted by Crippen LogP contribution is -2.42. The predicted molar refractivity (Wildman–Crippen MR) is 94.5 cm³/mol. The van der Waals surface area contributed by atoms with E-state index in [2.05, 4.69) is 0 Å². The minimum Gasteiger partial charge on any atom is -0.491 e. The van der Waals surface area contributed by atoms with E-state index in [-0.39, 0.29) is 0 Å². The third-order valence-corrected chi connectivity index (χ3v) is 4.31. The van der Waals surface area contributed by atoms with E-state index in [0.29, 0.717) is 37.6 Å². The molecule has 12 heteroatoms. The Balaban J connectivity index is 2.27. The van der Waals surface area contributed by atoms with Gasteiger partial charge in [-0.3, -0.25) is 10.1 Å². The van der Waals surface area contributed by atoms with Crippen LogP contribution in [0.5, 0.6) is 5.75 Å². The highest BCUT2D eigenvalue weighted by atomic mass is 19.4. The summed E-state index contributed by atoms with van der Waals surface area (Å²) in [4.78, 5) is 23.5. The molecule has 1 saturated heterocycles. The van der Waals surface area contributed by atoms with Gasteiger partial charge in [-0.05, 0) is 39.7 Å². The van der Waals surface area contributed by atoms with E-state index in [4.69, 9.17) is 9.47 Å². The summed E-state index contributed by atoms with van der Waals surface area (Å²) in [6.07, 6.45) is -5.64. The molecule has 168 valence electrons. The highest BCUT2D eigenvalue weighted by Crippen LogP contribution is 2.48. The van der Waals surface area contributed by atoms with Gasteiger partial charge >= 0.3 is 18.2 Å². The number of nitro benzene ring substituents is 1. The van der Waals surface area contributed by atoms with E-state index in [9.17, 15) is 36.9 Å². The van der Waals surface area contributed by atoms with Gasteiger partial charge in [-0.25, -0.2) is 4.79 Å². The molecule has 1 aliphatic rings. The SMILES string of the molecule is CC(C)(C)OC(=O)N1CCCC1COc1cc([N+](=O)[O-])ccc1C(F)(F)C(F)(F)F. The lowest BCUT2D eigenvalue weighted by molar-refractivity contribution is -0.385. The lowest BCUT2D eigenvalue weighted by atomic mass is 10.1. The Morgan fingerprint density at radius 3 is 2.40 bits per heavy atom. The summed E-state index contributed by atoms with van der Waals surface area (Å²) >= 11 is 0. The van der Waals surface area contributed by atoms with Crippen molar-refractivity contribution in [3.05, 3.63) is 33.9 Å². The molecule has 0 aliphatic carbocycles. The van der Waals surface area contributed by atoms with Crippen LogP contribution in [0.4, 0.5) is 32.4 Å². The molecule has 1 aromatic rings. The zero-order valence-electron chi connectivity index (χ0n) is 16.5. The van der Waals surface area contributed by atoms with Gasteiger partial charge in [-0.2, -0.15) is 22.0 Å². The molecule has 0 bridgehead atoms. The van der Waals surface area contributed by atoms with Crippen molar-refractivity contribution in [2.24, 2.45) is 0 Å². The van der Waals surface area contributed by atoms with Crippen LogP contribution in [0.15, 0.2) is 18.2 Å². The first kappa shape index (κ1) is 23.6. The van der Waals surface area contributed by atoms with E-state index in [1.165, 1.54) is 4.90 Å². The summed E-state index contributed by atoms with van der Waals surface area (Å²) in [5, 5.41) is 10.9. The molecule has 0 saturated carbocycles. The number of nitro groups is 1. The van der Waals surface area contributed by atoms with Crippen molar-refractivity contribution < 1.29 is 41.1 Å². The molecule has 0 N–H and O–H groups in total. The first-order valence-electron chi connectivity index (χ1n) is 8.99. The Hall–Kier alpha value is -2.66. The largest absolute Gasteiger partial charge is 0.491 e. The van der Waals surface area contributed by atoms with Gasteiger partial charge < -0.3 is 14.4 Å². The Kier molecular flexibility index (Phi) is 6.48. The number of carbonyl (C=O) groups is 1. The van der Waals surface area contributed by atoms with Crippen LogP contribution in [-0.4, -0.2) is 46.9 Å². The maximum atomic E-state index is 13.9. The fourth-order valence-electron chi connectivity index (χ4n) is 2.91. The number of non-ortho nitro benzene ring substituents is 1. The molecule has 0 spiro atoms. The average molecular weight is 440 g/mol. The van der Waals surface area contributed by atoms with Crippen LogP contribution in [0.2, 0.25) is 0 Å². The van der Waals surface area contributed by atoms with Crippen LogP contribution in [0.25, 0.3) is 0 Å². The second-order valence-electron chi connectivity index (χ2n) is 7.79. The summed E-state index contributed by atoms with van der Waals surface area (Å²) in [7, 11) is 0. The number of benzene rings is 1. The van der Waals surface area contributed by atoms with Crippen molar-refractivity contribution in [3.63, 3.8) is 0 Å². The van der Waals surface area contributed by atoms with Gasteiger partial charge in [0.1, 0.15) is 18.0 Å². The topological polar surface area (TPSA) is 81.9 Å². The Labute approximate surface area is 168 Å². The number of hydrogen-bond donors (Lipinski definition) is 0. The number of alkyl halides is 5. The van der Waals surface area contributed by atoms with Crippen molar-refractivity contribution in [2.75, 3.05) is 13.2 Å². The molecule has 1 atom stereocenters. The Morgan fingerprint density at radius 2 is 1.87 bits per heavy atom. The summed E-state index contributed by atoms with van der Waals surface area (Å²) in [6, 6.07) is 0.736. The van der Waals surface area contributed by atoms with E-state index >= 15 is 0 Å². The van der Waals surface area contributed by atoms with Gasteiger partial charge in [0, 0.05) is 12.6 Å². The summed E-state index contributed by atoms with van der Waals surface area (Å²) in [5.41, 5.74) is -3.03. The molecule has 1 fully saturated rings. The van der Waals surface area contributed by atoms with E-state index in [1.807, 2.05) is 0 Å². The summed E-state index contributed by atoms with van der Waals surface area (Å²) in [5.74, 6) is -6.25. The summed E-state index contributed by atoms with van der Waals surface area (Å²) < 4.78 is 76.6. The monoisotopic (exact) mass is 440 g/mol. The third kappa shape index (κ3) is 5.28. The van der Waals surface area contributed by atoms with Crippen molar-refractivity contribution >= 4 is 11.8 Å². The fourth-order valence-corrected chi connectivity index (χ4v) is 2.91. The zero-order valence-corrected chi connectivity index (χ0v) is 16.5. The molecule has 2 rings (SSSR count). The molecule has 1 aliphatic heterocycles. The van der Waals surface area contributed by atoms with Crippen molar-refractivity contribution in [1.29, 1.82) is 0 Å². The molecule has 30 heavy (non-hydrogen) atoms. The Morgan fingerprint density at radius 1 is 1.23 bits per heavy atom. The number of hydrogen-bond acceptors (Lipinski definition) is 5. The minimum absolute atomic E-state index is 0.295. The van der Waals surface area contributed by atoms with Crippen LogP contribution in [0.3, 0.4) is 0 Å². The molecule has 1 unspecified atom stereocenters. The number of likely N-dealkylation sites (tertiary alicyclic amines) is 1. The first-order chi connectivity index (χ1) is 13.6. The molecule has 1 amide bonds. The molecule has 7 nitrogen and oxygen atoms in total. The molecule has 1 aromatic carbocycles. The van der Waals surface area contributed by atoms with Crippen molar-refractivity contribution in [1.82, 2.24) is 4.90 Å². The molecule has 1 heterocycles. The molecule has 0 radical (unpaired) electrons. The quantitative estimate of drug-likeness (QED) is 0.365. The third-order valence-electron chi connectivity index (χ3n) is 4.31. The number of nitrogens with zero attached hydrogens (tertiary/aromatic N) is 2. The second kappa shape index (κ2) is 8.23. The van der Waals surface area contributed by atoms with Gasteiger partial charge in [0.2, 0.25) is 0 Å². The smallest absolute Gasteiger partial charge is 0.458 e. The lowest BCUT2D eigenvalue weighted by Gasteiger charge is -2.29. The highest BCUT2D eigenvalue weighted by molar-refractivity contribution is 5.69. The number of halogens is 5. The molecular weight excluding hydrogens is 419 g/mol. The van der Waals surface area contributed by atoms with E-state index < -0.39 is 58.4 Å². The van der Waals surface area contributed by atoms with E-state index in [0.717, 1.165) is 0 Å². The summed E-state index contributed by atoms with van der Waals surface area (Å²) in [6.45, 7) is 4.83. The van der Waals surface area contributed by atoms with Crippen LogP contribution >= 0.6 is 0 Å². The number of amides is 1. The number of ether oxygens (including phenoxy) is 2. The van der Waals surface area contributed by atoms with Crippen LogP contribution < -0.4 is 4.74 Å². The van der Waals surface area contributed by atoms with Crippen LogP contribution in [0.1, 0.15) is 39.2 Å². The van der Waals surface area contributed by atoms with Crippen LogP contribution in [-0.2, 0) is 10.7 Å². The van der Waals surface area contributed by atoms with Crippen molar-refractivity contribution in [3.8, 4) is 5.75 Å². The maximum absolute atomic E-state index is 13.9. The standard InChI is InChI=1S/C18H21F5N2O5/c1-16(2,3)30-15(26)24-8-4-5-12(24)10-29-14-9-11(25(27)28)6-7-13(14)17(19,20)18(21,22)23/h6-7,9,12H,4-5,8,10H2,1-3H3. The van der Waals surface area contributed by atoms with Crippen LogP contribution in [0, 0.1) is 10.1 Å². The normalized spacial score (nSPS) is 17.7. The average Bonchev–Trinajstić information content (AvgIpc) is 3.05. The van der Waals surface area contributed by atoms with Gasteiger partial charge in [-0.1, -0.05) is 0 Å².